The molecular weight excluding hydrogens is 140 g/mol. The predicted molar refractivity (Wildman–Crippen MR) is 43.7 cm³/mol. The number of nitrogens with two attached hydrogens (primary N) is 1. The number of nitrogens with zero attached hydrogens (tertiary/aromatic N) is 1. The van der Waals surface area contributed by atoms with Gasteiger partial charge in [0, 0.05) is 33.9 Å². The maximum absolute atomic E-state index is 11.0. The highest BCUT2D eigenvalue weighted by Crippen LogP contribution is 2.15. The molecule has 1 aliphatic heterocycles. The summed E-state index contributed by atoms with van der Waals surface area (Å²) in [6, 6.07) is -0.120. The molecule has 0 aromatic rings. The topological polar surface area (TPSA) is 46.1 Å². The zero-order valence-electron chi connectivity index (χ0n) is 6.87. The smallest absolute Gasteiger partial charge is 0.226 e. The van der Waals surface area contributed by atoms with E-state index in [1.165, 1.54) is 0 Å². The molecule has 3 heteroatoms. The summed E-state index contributed by atoms with van der Waals surface area (Å²) in [4.78, 5) is 11.0. The van der Waals surface area contributed by atoms with Gasteiger partial charge in [0.25, 0.3) is 0 Å². The van der Waals surface area contributed by atoms with Crippen molar-refractivity contribution in [2.45, 2.75) is 26.3 Å². The maximum Gasteiger partial charge on any atom is 0.226 e. The average Bonchev–Trinajstić information content (AvgIpc) is 1.97. The predicted octanol–water partition coefficient (Wildman–Crippen LogP) is 1.30. The van der Waals surface area contributed by atoms with Crippen molar-refractivity contribution < 1.29 is 4.76 Å². The van der Waals surface area contributed by atoms with Crippen LogP contribution in [0.25, 0.3) is 0 Å². The van der Waals surface area contributed by atoms with Gasteiger partial charge in [-0.2, -0.15) is 0 Å². The molecule has 1 aliphatic rings. The van der Waals surface area contributed by atoms with Crippen LogP contribution >= 0.6 is 0 Å². The van der Waals surface area contributed by atoms with Gasteiger partial charge in [-0.15, -0.1) is 0 Å². The molecule has 0 radical (unpaired) electrons. The minimum Gasteiger partial charge on any atom is -0.398 e. The molecule has 0 saturated heterocycles. The lowest BCUT2D eigenvalue weighted by Crippen LogP contribution is -2.21. The third-order valence-corrected chi connectivity index (χ3v) is 1.86. The van der Waals surface area contributed by atoms with Gasteiger partial charge in [0.15, 0.2) is 0 Å². The second-order valence-electron chi connectivity index (χ2n) is 2.73. The van der Waals surface area contributed by atoms with Crippen molar-refractivity contribution in [3.63, 3.8) is 0 Å². The maximum atomic E-state index is 11.0. The SMILES string of the molecule is CCC1=C[N+](=O)C(C)C=C1N. The molecule has 1 unspecified atom stereocenters. The van der Waals surface area contributed by atoms with E-state index >= 15 is 0 Å². The van der Waals surface area contributed by atoms with Crippen molar-refractivity contribution in [2.75, 3.05) is 0 Å². The largest absolute Gasteiger partial charge is 0.398 e. The first-order valence-corrected chi connectivity index (χ1v) is 3.79. The molecule has 1 atom stereocenters. The van der Waals surface area contributed by atoms with Crippen LogP contribution in [0.4, 0.5) is 0 Å². The van der Waals surface area contributed by atoms with Crippen LogP contribution in [-0.4, -0.2) is 10.8 Å². The highest BCUT2D eigenvalue weighted by Gasteiger charge is 2.22. The van der Waals surface area contributed by atoms with Crippen LogP contribution in [0.1, 0.15) is 20.3 Å². The number of nitroso groups, excluding NO2 is 1. The van der Waals surface area contributed by atoms with Crippen LogP contribution in [0.15, 0.2) is 23.5 Å². The molecule has 60 valence electrons. The summed E-state index contributed by atoms with van der Waals surface area (Å²) in [5.41, 5.74) is 7.34. The van der Waals surface area contributed by atoms with Crippen LogP contribution < -0.4 is 5.73 Å². The summed E-state index contributed by atoms with van der Waals surface area (Å²) < 4.78 is 0.926. The first-order chi connectivity index (χ1) is 5.15. The van der Waals surface area contributed by atoms with E-state index in [0.717, 1.165) is 22.5 Å². The Morgan fingerprint density at radius 1 is 1.73 bits per heavy atom. The molecule has 0 aromatic carbocycles. The molecule has 1 rings (SSSR count). The van der Waals surface area contributed by atoms with E-state index in [9.17, 15) is 4.91 Å². The van der Waals surface area contributed by atoms with E-state index in [1.807, 2.05) is 13.8 Å². The van der Waals surface area contributed by atoms with E-state index in [2.05, 4.69) is 0 Å². The van der Waals surface area contributed by atoms with Gasteiger partial charge < -0.3 is 5.73 Å². The van der Waals surface area contributed by atoms with E-state index in [-0.39, 0.29) is 6.04 Å². The van der Waals surface area contributed by atoms with Crippen LogP contribution in [-0.2, 0) is 0 Å². The number of rotatable bonds is 1. The van der Waals surface area contributed by atoms with Gasteiger partial charge in [-0.25, -0.2) is 0 Å². The fraction of sp³-hybridized carbons (Fsp3) is 0.500. The Kier molecular flexibility index (Phi) is 2.08. The van der Waals surface area contributed by atoms with Gasteiger partial charge >= 0.3 is 0 Å². The molecule has 11 heavy (non-hydrogen) atoms. The summed E-state index contributed by atoms with van der Waals surface area (Å²) in [5, 5.41) is 0. The molecule has 0 amide bonds. The lowest BCUT2D eigenvalue weighted by Gasteiger charge is -2.07. The Morgan fingerprint density at radius 2 is 2.36 bits per heavy atom. The number of hydrogen-bond acceptors (Lipinski definition) is 2. The minimum atomic E-state index is -0.120. The number of allylic oxidation sites excluding steroid dienone is 1. The van der Waals surface area contributed by atoms with Gasteiger partial charge in [0.1, 0.15) is 0 Å². The second kappa shape index (κ2) is 2.86. The molecule has 0 saturated carbocycles. The average molecular weight is 153 g/mol. The highest BCUT2D eigenvalue weighted by molar-refractivity contribution is 5.28. The lowest BCUT2D eigenvalue weighted by molar-refractivity contribution is -0.506. The van der Waals surface area contributed by atoms with Gasteiger partial charge in [-0.1, -0.05) is 6.92 Å². The molecule has 3 nitrogen and oxygen atoms in total. The van der Waals surface area contributed by atoms with Crippen molar-refractivity contribution >= 4 is 0 Å². The highest BCUT2D eigenvalue weighted by atomic mass is 16.3. The summed E-state index contributed by atoms with van der Waals surface area (Å²) in [6.07, 6.45) is 4.17. The lowest BCUT2D eigenvalue weighted by atomic mass is 10.1. The third-order valence-electron chi connectivity index (χ3n) is 1.86. The minimum absolute atomic E-state index is 0.120. The van der Waals surface area contributed by atoms with Crippen molar-refractivity contribution in [3.05, 3.63) is 28.5 Å². The Hall–Kier alpha value is -1.12. The van der Waals surface area contributed by atoms with Crippen LogP contribution in [0.2, 0.25) is 0 Å². The fourth-order valence-corrected chi connectivity index (χ4v) is 1.08. The normalized spacial score (nSPS) is 24.5. The van der Waals surface area contributed by atoms with Gasteiger partial charge in [0.2, 0.25) is 12.2 Å². The molecule has 1 heterocycles. The zero-order valence-corrected chi connectivity index (χ0v) is 6.87. The quantitative estimate of drug-likeness (QED) is 0.577. The van der Waals surface area contributed by atoms with E-state index < -0.39 is 0 Å². The van der Waals surface area contributed by atoms with E-state index in [1.54, 1.807) is 12.3 Å². The van der Waals surface area contributed by atoms with Crippen LogP contribution in [0, 0.1) is 4.91 Å². The van der Waals surface area contributed by atoms with E-state index in [0.29, 0.717) is 0 Å². The summed E-state index contributed by atoms with van der Waals surface area (Å²) in [7, 11) is 0. The summed E-state index contributed by atoms with van der Waals surface area (Å²) >= 11 is 0. The summed E-state index contributed by atoms with van der Waals surface area (Å²) in [5.74, 6) is 0. The fourth-order valence-electron chi connectivity index (χ4n) is 1.08. The van der Waals surface area contributed by atoms with Crippen molar-refractivity contribution in [1.29, 1.82) is 0 Å². The summed E-state index contributed by atoms with van der Waals surface area (Å²) in [6.45, 7) is 3.80. The Morgan fingerprint density at radius 3 is 2.91 bits per heavy atom. The van der Waals surface area contributed by atoms with Gasteiger partial charge in [0.05, 0.1) is 0 Å². The molecule has 0 fully saturated rings. The monoisotopic (exact) mass is 153 g/mol. The van der Waals surface area contributed by atoms with Crippen molar-refractivity contribution in [2.24, 2.45) is 5.73 Å². The second-order valence-corrected chi connectivity index (χ2v) is 2.73. The first-order valence-electron chi connectivity index (χ1n) is 3.79. The molecule has 0 spiro atoms. The Labute approximate surface area is 66.2 Å². The zero-order chi connectivity index (χ0) is 8.43. The molecular formula is C8H13N2O+. The number of hydrogen-bond donors (Lipinski definition) is 1. The van der Waals surface area contributed by atoms with Gasteiger partial charge in [-0.3, -0.25) is 0 Å². The standard InChI is InChI=1S/C8H13N2O/c1-3-7-5-10(11)6(2)4-8(7)9/h4-6H,3,9H2,1-2H3/q+1. The van der Waals surface area contributed by atoms with Gasteiger partial charge in [-0.05, 0) is 6.42 Å². The Balaban J connectivity index is 2.91. The molecule has 2 N–H and O–H groups in total. The van der Waals surface area contributed by atoms with Crippen LogP contribution in [0.3, 0.4) is 0 Å². The Bertz CT molecular complexity index is 240. The molecule has 0 bridgehead atoms. The van der Waals surface area contributed by atoms with E-state index in [4.69, 9.17) is 5.73 Å². The van der Waals surface area contributed by atoms with Crippen molar-refractivity contribution in [3.8, 4) is 0 Å². The van der Waals surface area contributed by atoms with Crippen LogP contribution in [0.5, 0.6) is 0 Å². The molecule has 0 aromatic heterocycles. The van der Waals surface area contributed by atoms with Crippen molar-refractivity contribution in [1.82, 2.24) is 0 Å². The first kappa shape index (κ1) is 7.98. The molecule has 0 aliphatic carbocycles. The third kappa shape index (κ3) is 1.48.